The third kappa shape index (κ3) is 4.29. The molecule has 5 heteroatoms. The Morgan fingerprint density at radius 3 is 1.79 bits per heavy atom. The predicted molar refractivity (Wildman–Crippen MR) is 203 cm³/mol. The molecule has 1 atom stereocenters. The van der Waals surface area contributed by atoms with E-state index in [0.29, 0.717) is 0 Å². The summed E-state index contributed by atoms with van der Waals surface area (Å²) in [5, 5.41) is 11.1. The number of nitrogens with zero attached hydrogens (tertiary/aromatic N) is 3. The zero-order chi connectivity index (χ0) is 31.6. The highest BCUT2D eigenvalue weighted by atomic mass is 32.1. The van der Waals surface area contributed by atoms with Crippen LogP contribution >= 0.6 is 11.3 Å². The van der Waals surface area contributed by atoms with E-state index in [1.165, 1.54) is 52.8 Å². The average Bonchev–Trinajstić information content (AvgIpc) is 3.70. The molecule has 9 aromatic rings. The van der Waals surface area contributed by atoms with Gasteiger partial charge in [0.1, 0.15) is 11.7 Å². The van der Waals surface area contributed by atoms with Gasteiger partial charge in [0.2, 0.25) is 6.29 Å². The van der Waals surface area contributed by atoms with Gasteiger partial charge in [0.05, 0.1) is 11.0 Å². The molecule has 1 unspecified atom stereocenters. The van der Waals surface area contributed by atoms with Crippen LogP contribution in [0.1, 0.15) is 17.4 Å². The van der Waals surface area contributed by atoms with Gasteiger partial charge in [-0.2, -0.15) is 0 Å². The lowest BCUT2D eigenvalue weighted by Crippen LogP contribution is -2.36. The highest BCUT2D eigenvalue weighted by Crippen LogP contribution is 2.37. The monoisotopic (exact) mass is 632 g/mol. The average molecular weight is 633 g/mol. The van der Waals surface area contributed by atoms with Crippen molar-refractivity contribution in [3.63, 3.8) is 0 Å². The van der Waals surface area contributed by atoms with E-state index >= 15 is 0 Å². The van der Waals surface area contributed by atoms with Crippen molar-refractivity contribution in [2.45, 2.75) is 6.29 Å². The second kappa shape index (κ2) is 10.8. The first-order valence-electron chi connectivity index (χ1n) is 16.2. The van der Waals surface area contributed by atoms with Crippen LogP contribution in [0.4, 0.5) is 0 Å². The van der Waals surface area contributed by atoms with Gasteiger partial charge < -0.3 is 5.32 Å². The van der Waals surface area contributed by atoms with E-state index in [4.69, 9.17) is 9.98 Å². The summed E-state index contributed by atoms with van der Waals surface area (Å²) in [7, 11) is 0. The predicted octanol–water partition coefficient (Wildman–Crippen LogP) is 10.9. The number of amidine groups is 2. The number of nitrogens with one attached hydrogen (secondary N) is 1. The van der Waals surface area contributed by atoms with E-state index < -0.39 is 6.29 Å². The minimum atomic E-state index is -0.489. The third-order valence-electron chi connectivity index (χ3n) is 9.49. The number of para-hydroxylation sites is 2. The quantitative estimate of drug-likeness (QED) is 0.206. The molecule has 0 amide bonds. The fourth-order valence-electron chi connectivity index (χ4n) is 7.20. The fourth-order valence-corrected chi connectivity index (χ4v) is 8.35. The maximum absolute atomic E-state index is 5.32. The van der Waals surface area contributed by atoms with E-state index in [1.807, 2.05) is 11.3 Å². The highest BCUT2D eigenvalue weighted by Gasteiger charge is 2.24. The van der Waals surface area contributed by atoms with Crippen LogP contribution in [0.5, 0.6) is 0 Å². The number of hydrogen-bond acceptors (Lipinski definition) is 4. The molecule has 7 aromatic carbocycles. The van der Waals surface area contributed by atoms with Crippen molar-refractivity contribution < 1.29 is 0 Å². The summed E-state index contributed by atoms with van der Waals surface area (Å²) >= 11 is 1.82. The molecule has 48 heavy (non-hydrogen) atoms. The fraction of sp³-hybridized carbons (Fsp3) is 0.0233. The number of fused-ring (bicyclic) bond motifs is 7. The normalized spacial score (nSPS) is 14.9. The lowest BCUT2D eigenvalue weighted by molar-refractivity contribution is 0.575. The molecule has 0 fully saturated rings. The van der Waals surface area contributed by atoms with Crippen LogP contribution in [-0.4, -0.2) is 16.2 Å². The SMILES string of the molecule is c1ccc2c(-c3ccc(C4=NC(n5c6ccccc6c6ccccc65)N=C(c5ccc6c(c5)sc5ccccc56)N4)cc3)cccc2c1. The van der Waals surface area contributed by atoms with Crippen LogP contribution < -0.4 is 5.32 Å². The van der Waals surface area contributed by atoms with Crippen LogP contribution in [0.15, 0.2) is 168 Å². The highest BCUT2D eigenvalue weighted by molar-refractivity contribution is 7.25. The number of aliphatic imine (C=N–C) groups is 2. The molecule has 0 radical (unpaired) electrons. The Hall–Kier alpha value is -6.04. The first-order valence-corrected chi connectivity index (χ1v) is 17.0. The van der Waals surface area contributed by atoms with E-state index in [-0.39, 0.29) is 0 Å². The van der Waals surface area contributed by atoms with Gasteiger partial charge in [0, 0.05) is 42.1 Å². The first-order chi connectivity index (χ1) is 23.8. The molecule has 1 aliphatic heterocycles. The maximum atomic E-state index is 5.32. The van der Waals surface area contributed by atoms with E-state index in [0.717, 1.165) is 33.8 Å². The second-order valence-corrected chi connectivity index (χ2v) is 13.3. The molecule has 1 N–H and O–H groups in total. The lowest BCUT2D eigenvalue weighted by Gasteiger charge is -2.24. The second-order valence-electron chi connectivity index (χ2n) is 12.2. The Labute approximate surface area is 281 Å². The largest absolute Gasteiger partial charge is 0.324 e. The van der Waals surface area contributed by atoms with Crippen molar-refractivity contribution in [1.82, 2.24) is 9.88 Å². The maximum Gasteiger partial charge on any atom is 0.224 e. The van der Waals surface area contributed by atoms with E-state index in [9.17, 15) is 0 Å². The van der Waals surface area contributed by atoms with Crippen molar-refractivity contribution >= 4 is 75.8 Å². The Balaban J connectivity index is 1.13. The van der Waals surface area contributed by atoms with Crippen LogP contribution in [-0.2, 0) is 0 Å². The standard InChI is InChI=1S/C43H28N4S/c1-2-12-31-27(10-1)11-9-16-32(31)28-20-22-29(23-21-28)41-44-42(30-24-25-36-35-15-5-8-19-39(35)48-40(36)26-30)46-43(45-41)47-37-17-6-3-13-33(37)34-14-4-7-18-38(34)47/h1-26,43H,(H,44,45,46). The van der Waals surface area contributed by atoms with Crippen molar-refractivity contribution in [1.29, 1.82) is 0 Å². The molecule has 4 nitrogen and oxygen atoms in total. The lowest BCUT2D eigenvalue weighted by atomic mass is 9.97. The van der Waals surface area contributed by atoms with E-state index in [1.54, 1.807) is 0 Å². The Morgan fingerprint density at radius 1 is 0.458 bits per heavy atom. The summed E-state index contributed by atoms with van der Waals surface area (Å²) in [4.78, 5) is 10.6. The molecule has 226 valence electrons. The summed E-state index contributed by atoms with van der Waals surface area (Å²) < 4.78 is 4.81. The topological polar surface area (TPSA) is 41.7 Å². The van der Waals surface area contributed by atoms with Crippen LogP contribution in [0.2, 0.25) is 0 Å². The number of aromatic nitrogens is 1. The van der Waals surface area contributed by atoms with Gasteiger partial charge in [-0.25, -0.2) is 9.98 Å². The van der Waals surface area contributed by atoms with Crippen LogP contribution in [0, 0.1) is 0 Å². The molecule has 1 aliphatic rings. The molecule has 0 spiro atoms. The molecule has 0 bridgehead atoms. The van der Waals surface area contributed by atoms with Gasteiger partial charge >= 0.3 is 0 Å². The molecule has 0 aliphatic carbocycles. The van der Waals surface area contributed by atoms with Crippen molar-refractivity contribution in [2.75, 3.05) is 0 Å². The zero-order valence-corrected chi connectivity index (χ0v) is 26.7. The van der Waals surface area contributed by atoms with Gasteiger partial charge in [0.15, 0.2) is 0 Å². The van der Waals surface area contributed by atoms with Crippen molar-refractivity contribution in [3.05, 3.63) is 169 Å². The molecule has 10 rings (SSSR count). The molecular formula is C43H28N4S. The summed E-state index contributed by atoms with van der Waals surface area (Å²) in [6.07, 6.45) is -0.489. The number of rotatable bonds is 4. The number of hydrogen-bond donors (Lipinski definition) is 1. The van der Waals surface area contributed by atoms with Crippen LogP contribution in [0.3, 0.4) is 0 Å². The Morgan fingerprint density at radius 2 is 1.02 bits per heavy atom. The third-order valence-corrected chi connectivity index (χ3v) is 10.6. The summed E-state index contributed by atoms with van der Waals surface area (Å²) in [5.74, 6) is 1.61. The number of benzene rings is 7. The van der Waals surface area contributed by atoms with Crippen molar-refractivity contribution in [3.8, 4) is 11.1 Å². The first kappa shape index (κ1) is 27.1. The molecule has 0 saturated heterocycles. The summed E-state index contributed by atoms with van der Waals surface area (Å²) in [5.41, 5.74) is 6.68. The van der Waals surface area contributed by atoms with E-state index in [2.05, 4.69) is 168 Å². The van der Waals surface area contributed by atoms with Crippen molar-refractivity contribution in [2.24, 2.45) is 9.98 Å². The molecule has 3 heterocycles. The Bertz CT molecular complexity index is 2710. The van der Waals surface area contributed by atoms with Gasteiger partial charge in [-0.3, -0.25) is 4.57 Å². The minimum absolute atomic E-state index is 0.489. The van der Waals surface area contributed by atoms with Gasteiger partial charge in [0.25, 0.3) is 0 Å². The summed E-state index contributed by atoms with van der Waals surface area (Å²) in [6, 6.07) is 56.2. The van der Waals surface area contributed by atoms with Gasteiger partial charge in [-0.05, 0) is 46.2 Å². The van der Waals surface area contributed by atoms with Gasteiger partial charge in [-0.1, -0.05) is 133 Å². The summed E-state index contributed by atoms with van der Waals surface area (Å²) in [6.45, 7) is 0. The Kier molecular flexibility index (Phi) is 6.08. The number of thiophene rings is 1. The smallest absolute Gasteiger partial charge is 0.224 e. The van der Waals surface area contributed by atoms with Crippen LogP contribution in [0.25, 0.3) is 63.9 Å². The molecule has 2 aromatic heterocycles. The molecule has 0 saturated carbocycles. The van der Waals surface area contributed by atoms with Gasteiger partial charge in [-0.15, -0.1) is 11.3 Å². The molecular weight excluding hydrogens is 605 g/mol. The minimum Gasteiger partial charge on any atom is -0.324 e. The zero-order valence-electron chi connectivity index (χ0n) is 25.8.